The number of aryl methyl sites for hydroxylation is 2. The Morgan fingerprint density at radius 3 is 2.42 bits per heavy atom. The summed E-state index contributed by atoms with van der Waals surface area (Å²) in [5, 5.41) is 11.4. The highest BCUT2D eigenvalue weighted by atomic mass is 16.3. The first-order chi connectivity index (χ1) is 11.5. The zero-order valence-electron chi connectivity index (χ0n) is 14.6. The standard InChI is InChI=1S/C21H26N2O/c1-15-10-16(2)20(22-13-15)21(24)11-18-8-9-19(12-21)23(18)14-17-6-4-3-5-7-17/h3-7,10,13,18-19,24H,8-9,11-12,14H2,1-2H3. The number of benzene rings is 1. The molecular formula is C21H26N2O. The second kappa shape index (κ2) is 5.98. The van der Waals surface area contributed by atoms with E-state index in [2.05, 4.69) is 60.1 Å². The third-order valence-corrected chi connectivity index (χ3v) is 5.78. The maximum absolute atomic E-state index is 11.4. The lowest BCUT2D eigenvalue weighted by Gasteiger charge is -2.44. The largest absolute Gasteiger partial charge is 0.383 e. The van der Waals surface area contributed by atoms with Crippen LogP contribution in [0.1, 0.15) is 48.1 Å². The van der Waals surface area contributed by atoms with E-state index >= 15 is 0 Å². The van der Waals surface area contributed by atoms with E-state index in [9.17, 15) is 5.11 Å². The Labute approximate surface area is 144 Å². The molecule has 24 heavy (non-hydrogen) atoms. The van der Waals surface area contributed by atoms with E-state index in [4.69, 9.17) is 0 Å². The number of fused-ring (bicyclic) bond motifs is 2. The first kappa shape index (κ1) is 15.8. The van der Waals surface area contributed by atoms with Crippen molar-refractivity contribution in [3.05, 3.63) is 65.0 Å². The minimum Gasteiger partial charge on any atom is -0.383 e. The van der Waals surface area contributed by atoms with Gasteiger partial charge in [-0.3, -0.25) is 9.88 Å². The highest BCUT2D eigenvalue weighted by Crippen LogP contribution is 2.46. The zero-order valence-corrected chi connectivity index (χ0v) is 14.6. The topological polar surface area (TPSA) is 36.4 Å². The van der Waals surface area contributed by atoms with E-state index in [1.807, 2.05) is 6.20 Å². The van der Waals surface area contributed by atoms with E-state index in [1.54, 1.807) is 0 Å². The predicted octanol–water partition coefficient (Wildman–Crippen LogP) is 3.71. The lowest BCUT2D eigenvalue weighted by Crippen LogP contribution is -2.49. The SMILES string of the molecule is Cc1cnc(C2(O)CC3CCC(C2)N3Cc2ccccc2)c(C)c1. The van der Waals surface area contributed by atoms with Crippen LogP contribution in [0.3, 0.4) is 0 Å². The molecular weight excluding hydrogens is 296 g/mol. The van der Waals surface area contributed by atoms with E-state index in [0.29, 0.717) is 12.1 Å². The first-order valence-electron chi connectivity index (χ1n) is 9.01. The van der Waals surface area contributed by atoms with Gasteiger partial charge in [-0.1, -0.05) is 36.4 Å². The molecule has 2 aromatic rings. The van der Waals surface area contributed by atoms with Gasteiger partial charge in [-0.05, 0) is 56.2 Å². The lowest BCUT2D eigenvalue weighted by atomic mass is 9.81. The van der Waals surface area contributed by atoms with Crippen molar-refractivity contribution in [2.45, 2.75) is 63.8 Å². The molecule has 0 spiro atoms. The van der Waals surface area contributed by atoms with Gasteiger partial charge in [0.2, 0.25) is 0 Å². The number of hydrogen-bond acceptors (Lipinski definition) is 3. The van der Waals surface area contributed by atoms with Crippen LogP contribution < -0.4 is 0 Å². The van der Waals surface area contributed by atoms with Gasteiger partial charge in [0.1, 0.15) is 5.60 Å². The highest BCUT2D eigenvalue weighted by molar-refractivity contribution is 5.29. The van der Waals surface area contributed by atoms with Gasteiger partial charge >= 0.3 is 0 Å². The Hall–Kier alpha value is -1.71. The second-order valence-electron chi connectivity index (χ2n) is 7.66. The molecule has 1 N–H and O–H groups in total. The van der Waals surface area contributed by atoms with Crippen molar-refractivity contribution in [2.75, 3.05) is 0 Å². The molecule has 2 unspecified atom stereocenters. The number of pyridine rings is 1. The van der Waals surface area contributed by atoms with Crippen LogP contribution in [0, 0.1) is 13.8 Å². The number of hydrogen-bond donors (Lipinski definition) is 1. The minimum atomic E-state index is -0.767. The van der Waals surface area contributed by atoms with Crippen molar-refractivity contribution >= 4 is 0 Å². The maximum atomic E-state index is 11.4. The van der Waals surface area contributed by atoms with Gasteiger partial charge < -0.3 is 5.11 Å². The summed E-state index contributed by atoms with van der Waals surface area (Å²) in [6.45, 7) is 5.12. The molecule has 3 heterocycles. The first-order valence-corrected chi connectivity index (χ1v) is 9.01. The van der Waals surface area contributed by atoms with Crippen LogP contribution in [0.15, 0.2) is 42.6 Å². The van der Waals surface area contributed by atoms with Crippen molar-refractivity contribution < 1.29 is 5.11 Å². The van der Waals surface area contributed by atoms with Crippen molar-refractivity contribution in [1.29, 1.82) is 0 Å². The van der Waals surface area contributed by atoms with Crippen molar-refractivity contribution in [2.24, 2.45) is 0 Å². The fourth-order valence-electron chi connectivity index (χ4n) is 4.76. The van der Waals surface area contributed by atoms with Crippen molar-refractivity contribution in [3.63, 3.8) is 0 Å². The summed E-state index contributed by atoms with van der Waals surface area (Å²) in [7, 11) is 0. The lowest BCUT2D eigenvalue weighted by molar-refractivity contribution is -0.0627. The smallest absolute Gasteiger partial charge is 0.110 e. The monoisotopic (exact) mass is 322 g/mol. The number of piperidine rings is 1. The molecule has 126 valence electrons. The molecule has 2 bridgehead atoms. The van der Waals surface area contributed by atoms with Gasteiger partial charge in [0.25, 0.3) is 0 Å². The molecule has 1 aromatic heterocycles. The summed E-state index contributed by atoms with van der Waals surface area (Å²) in [6.07, 6.45) is 5.86. The van der Waals surface area contributed by atoms with E-state index in [-0.39, 0.29) is 0 Å². The molecule has 0 saturated carbocycles. The van der Waals surface area contributed by atoms with Gasteiger partial charge in [-0.15, -0.1) is 0 Å². The Morgan fingerprint density at radius 2 is 1.79 bits per heavy atom. The summed E-state index contributed by atoms with van der Waals surface area (Å²) in [6, 6.07) is 13.7. The molecule has 0 aliphatic carbocycles. The van der Waals surface area contributed by atoms with Gasteiger partial charge in [0.05, 0.1) is 5.69 Å². The third-order valence-electron chi connectivity index (χ3n) is 5.78. The predicted molar refractivity (Wildman–Crippen MR) is 95.6 cm³/mol. The Bertz CT molecular complexity index is 714. The average Bonchev–Trinajstić information content (AvgIpc) is 2.79. The molecule has 3 nitrogen and oxygen atoms in total. The van der Waals surface area contributed by atoms with E-state index in [1.165, 1.54) is 18.4 Å². The molecule has 3 heteroatoms. The van der Waals surface area contributed by atoms with E-state index < -0.39 is 5.60 Å². The van der Waals surface area contributed by atoms with Crippen molar-refractivity contribution in [3.8, 4) is 0 Å². The minimum absolute atomic E-state index is 0.455. The molecule has 0 amide bonds. The van der Waals surface area contributed by atoms with Crippen LogP contribution >= 0.6 is 0 Å². The number of nitrogens with zero attached hydrogens (tertiary/aromatic N) is 2. The Morgan fingerprint density at radius 1 is 1.12 bits per heavy atom. The van der Waals surface area contributed by atoms with Crippen LogP contribution in [0.25, 0.3) is 0 Å². The van der Waals surface area contributed by atoms with Crippen LogP contribution in [-0.2, 0) is 12.1 Å². The van der Waals surface area contributed by atoms with Gasteiger partial charge in [-0.2, -0.15) is 0 Å². The van der Waals surface area contributed by atoms with Crippen LogP contribution in [-0.4, -0.2) is 27.1 Å². The number of aliphatic hydroxyl groups is 1. The fourth-order valence-corrected chi connectivity index (χ4v) is 4.76. The maximum Gasteiger partial charge on any atom is 0.110 e. The summed E-state index contributed by atoms with van der Waals surface area (Å²) < 4.78 is 0. The Kier molecular flexibility index (Phi) is 3.93. The molecule has 2 atom stereocenters. The molecule has 2 fully saturated rings. The molecule has 1 aromatic carbocycles. The van der Waals surface area contributed by atoms with Crippen LogP contribution in [0.5, 0.6) is 0 Å². The highest BCUT2D eigenvalue weighted by Gasteiger charge is 2.49. The zero-order chi connectivity index (χ0) is 16.7. The second-order valence-corrected chi connectivity index (χ2v) is 7.66. The summed E-state index contributed by atoms with van der Waals surface area (Å²) >= 11 is 0. The summed E-state index contributed by atoms with van der Waals surface area (Å²) in [5.41, 5.74) is 3.77. The number of aromatic nitrogens is 1. The van der Waals surface area contributed by atoms with E-state index in [0.717, 1.165) is 36.2 Å². The average molecular weight is 322 g/mol. The molecule has 2 aliphatic rings. The number of rotatable bonds is 3. The normalized spacial score (nSPS) is 29.8. The summed E-state index contributed by atoms with van der Waals surface area (Å²) in [4.78, 5) is 7.21. The fraction of sp³-hybridized carbons (Fsp3) is 0.476. The van der Waals surface area contributed by atoms with Crippen LogP contribution in [0.4, 0.5) is 0 Å². The van der Waals surface area contributed by atoms with Crippen molar-refractivity contribution in [1.82, 2.24) is 9.88 Å². The summed E-state index contributed by atoms with van der Waals surface area (Å²) in [5.74, 6) is 0. The molecule has 2 saturated heterocycles. The molecule has 2 aliphatic heterocycles. The third kappa shape index (κ3) is 2.76. The van der Waals surface area contributed by atoms with Gasteiger partial charge in [0.15, 0.2) is 0 Å². The quantitative estimate of drug-likeness (QED) is 0.936. The van der Waals surface area contributed by atoms with Gasteiger partial charge in [0, 0.05) is 24.8 Å². The molecule has 0 radical (unpaired) electrons. The Balaban J connectivity index is 1.57. The van der Waals surface area contributed by atoms with Crippen LogP contribution in [0.2, 0.25) is 0 Å². The van der Waals surface area contributed by atoms with Gasteiger partial charge in [-0.25, -0.2) is 0 Å². The molecule has 4 rings (SSSR count).